The third kappa shape index (κ3) is 3.79. The van der Waals surface area contributed by atoms with E-state index in [2.05, 4.69) is 27.3 Å². The van der Waals surface area contributed by atoms with E-state index in [-0.39, 0.29) is 6.04 Å². The van der Waals surface area contributed by atoms with E-state index in [1.54, 1.807) is 6.20 Å². The lowest BCUT2D eigenvalue weighted by atomic mass is 10.1. The van der Waals surface area contributed by atoms with Gasteiger partial charge >= 0.3 is 0 Å². The molecule has 6 heteroatoms. The van der Waals surface area contributed by atoms with Crippen molar-refractivity contribution in [2.24, 2.45) is 0 Å². The predicted octanol–water partition coefficient (Wildman–Crippen LogP) is 4.45. The molecule has 1 atom stereocenters. The maximum Gasteiger partial charge on any atom is 0.229 e. The van der Waals surface area contributed by atoms with Crippen LogP contribution in [0.5, 0.6) is 0 Å². The first kappa shape index (κ1) is 16.8. The molecular weight excluding hydrogens is 348 g/mol. The van der Waals surface area contributed by atoms with Crippen molar-refractivity contribution in [2.45, 2.75) is 6.04 Å². The minimum Gasteiger partial charge on any atom is -0.377 e. The van der Waals surface area contributed by atoms with E-state index in [1.807, 2.05) is 48.5 Å². The minimum atomic E-state index is 0.138. The summed E-state index contributed by atoms with van der Waals surface area (Å²) in [7, 11) is 0. The highest BCUT2D eigenvalue weighted by Gasteiger charge is 2.25. The van der Waals surface area contributed by atoms with Gasteiger partial charge in [-0.3, -0.25) is 0 Å². The molecule has 0 saturated carbocycles. The zero-order valence-electron chi connectivity index (χ0n) is 14.2. The zero-order valence-corrected chi connectivity index (χ0v) is 14.9. The second-order valence-electron chi connectivity index (χ2n) is 6.07. The highest BCUT2D eigenvalue weighted by molar-refractivity contribution is 6.30. The molecule has 1 saturated heterocycles. The fraction of sp³-hybridized carbons (Fsp3) is 0.200. The van der Waals surface area contributed by atoms with E-state index in [0.717, 1.165) is 18.1 Å². The fourth-order valence-electron chi connectivity index (χ4n) is 3.09. The molecule has 3 aromatic rings. The topological polar surface area (TPSA) is 50.3 Å². The number of halogens is 1. The van der Waals surface area contributed by atoms with Crippen LogP contribution in [0.25, 0.3) is 0 Å². The lowest BCUT2D eigenvalue weighted by Crippen LogP contribution is -2.40. The van der Waals surface area contributed by atoms with Crippen LogP contribution in [0.4, 0.5) is 17.5 Å². The van der Waals surface area contributed by atoms with Crippen molar-refractivity contribution in [3.05, 3.63) is 77.4 Å². The molecule has 1 aromatic heterocycles. The van der Waals surface area contributed by atoms with Crippen molar-refractivity contribution in [1.82, 2.24) is 9.97 Å². The molecule has 1 unspecified atom stereocenters. The van der Waals surface area contributed by atoms with Gasteiger partial charge in [0.05, 0.1) is 19.3 Å². The van der Waals surface area contributed by atoms with E-state index in [9.17, 15) is 0 Å². The second kappa shape index (κ2) is 7.72. The Morgan fingerprint density at radius 3 is 2.81 bits per heavy atom. The molecule has 26 heavy (non-hydrogen) atoms. The Balaban J connectivity index is 1.60. The number of hydrogen-bond donors (Lipinski definition) is 1. The van der Waals surface area contributed by atoms with E-state index >= 15 is 0 Å². The molecule has 0 bridgehead atoms. The molecule has 1 aliphatic heterocycles. The van der Waals surface area contributed by atoms with Crippen molar-refractivity contribution >= 4 is 29.1 Å². The Bertz CT molecular complexity index is 874. The maximum absolute atomic E-state index is 6.05. The summed E-state index contributed by atoms with van der Waals surface area (Å²) in [6.07, 6.45) is 1.77. The maximum atomic E-state index is 6.05. The summed E-state index contributed by atoms with van der Waals surface area (Å²) in [5, 5.41) is 3.88. The molecule has 1 N–H and O–H groups in total. The molecule has 0 radical (unpaired) electrons. The number of ether oxygens (including phenoxy) is 1. The van der Waals surface area contributed by atoms with Gasteiger partial charge in [0.2, 0.25) is 5.95 Å². The van der Waals surface area contributed by atoms with Crippen molar-refractivity contribution < 1.29 is 4.74 Å². The summed E-state index contributed by atoms with van der Waals surface area (Å²) in [5.41, 5.74) is 2.08. The summed E-state index contributed by atoms with van der Waals surface area (Å²) in [5.74, 6) is 1.42. The van der Waals surface area contributed by atoms with Crippen LogP contribution in [-0.2, 0) is 4.74 Å². The Morgan fingerprint density at radius 1 is 1.08 bits per heavy atom. The summed E-state index contributed by atoms with van der Waals surface area (Å²) < 4.78 is 5.71. The summed E-state index contributed by atoms with van der Waals surface area (Å²) in [4.78, 5) is 11.3. The number of nitrogens with one attached hydrogen (secondary N) is 1. The lowest BCUT2D eigenvalue weighted by Gasteiger charge is -2.36. The molecular formula is C20H19ClN4O. The van der Waals surface area contributed by atoms with Gasteiger partial charge in [-0.1, -0.05) is 48.0 Å². The van der Waals surface area contributed by atoms with Gasteiger partial charge in [0.25, 0.3) is 0 Å². The SMILES string of the molecule is Clc1cccc(Nc2nccc(N3CCOCC3c3ccccc3)n2)c1. The van der Waals surface area contributed by atoms with Gasteiger partial charge in [-0.25, -0.2) is 4.98 Å². The molecule has 2 heterocycles. The summed E-state index contributed by atoms with van der Waals surface area (Å²) in [6.45, 7) is 2.11. The van der Waals surface area contributed by atoms with Crippen LogP contribution in [0.3, 0.4) is 0 Å². The van der Waals surface area contributed by atoms with E-state index in [0.29, 0.717) is 24.2 Å². The normalized spacial score (nSPS) is 17.1. The molecule has 4 rings (SSSR count). The average molecular weight is 367 g/mol. The quantitative estimate of drug-likeness (QED) is 0.739. The van der Waals surface area contributed by atoms with Crippen LogP contribution in [0, 0.1) is 0 Å². The lowest BCUT2D eigenvalue weighted by molar-refractivity contribution is 0.0937. The average Bonchev–Trinajstić information content (AvgIpc) is 2.69. The van der Waals surface area contributed by atoms with Crippen LogP contribution in [-0.4, -0.2) is 29.7 Å². The first-order chi connectivity index (χ1) is 12.8. The first-order valence-electron chi connectivity index (χ1n) is 8.54. The van der Waals surface area contributed by atoms with Crippen LogP contribution >= 0.6 is 11.6 Å². The van der Waals surface area contributed by atoms with Crippen molar-refractivity contribution in [2.75, 3.05) is 30.0 Å². The molecule has 5 nitrogen and oxygen atoms in total. The third-order valence-electron chi connectivity index (χ3n) is 4.33. The molecule has 1 fully saturated rings. The van der Waals surface area contributed by atoms with Crippen molar-refractivity contribution in [1.29, 1.82) is 0 Å². The second-order valence-corrected chi connectivity index (χ2v) is 6.51. The number of benzene rings is 2. The summed E-state index contributed by atoms with van der Waals surface area (Å²) >= 11 is 6.05. The van der Waals surface area contributed by atoms with Crippen molar-refractivity contribution in [3.8, 4) is 0 Å². The Kier molecular flexibility index (Phi) is 5.00. The van der Waals surface area contributed by atoms with E-state index in [4.69, 9.17) is 21.3 Å². The molecule has 2 aromatic carbocycles. The van der Waals surface area contributed by atoms with Gasteiger partial charge in [0.1, 0.15) is 5.82 Å². The Morgan fingerprint density at radius 2 is 1.96 bits per heavy atom. The molecule has 0 spiro atoms. The van der Waals surface area contributed by atoms with Gasteiger partial charge < -0.3 is 15.0 Å². The monoisotopic (exact) mass is 366 g/mol. The Labute approximate surface area is 157 Å². The predicted molar refractivity (Wildman–Crippen MR) is 104 cm³/mol. The molecule has 0 aliphatic carbocycles. The number of aromatic nitrogens is 2. The number of nitrogens with zero attached hydrogens (tertiary/aromatic N) is 3. The highest BCUT2D eigenvalue weighted by atomic mass is 35.5. The van der Waals surface area contributed by atoms with Crippen LogP contribution in [0.1, 0.15) is 11.6 Å². The smallest absolute Gasteiger partial charge is 0.229 e. The fourth-order valence-corrected chi connectivity index (χ4v) is 3.28. The van der Waals surface area contributed by atoms with Crippen LogP contribution in [0.15, 0.2) is 66.9 Å². The van der Waals surface area contributed by atoms with Crippen molar-refractivity contribution in [3.63, 3.8) is 0 Å². The number of morpholine rings is 1. The molecule has 0 amide bonds. The zero-order chi connectivity index (χ0) is 17.8. The largest absolute Gasteiger partial charge is 0.377 e. The third-order valence-corrected chi connectivity index (χ3v) is 4.56. The van der Waals surface area contributed by atoms with E-state index in [1.165, 1.54) is 5.56 Å². The highest BCUT2D eigenvalue weighted by Crippen LogP contribution is 2.29. The van der Waals surface area contributed by atoms with Crippen LogP contribution in [0.2, 0.25) is 5.02 Å². The first-order valence-corrected chi connectivity index (χ1v) is 8.92. The standard InChI is InChI=1S/C20H19ClN4O/c21-16-7-4-8-17(13-16)23-20-22-10-9-19(24-20)25-11-12-26-14-18(25)15-5-2-1-3-6-15/h1-10,13,18H,11-12,14H2,(H,22,23,24). The van der Waals surface area contributed by atoms with Crippen LogP contribution < -0.4 is 10.2 Å². The number of anilines is 3. The van der Waals surface area contributed by atoms with Gasteiger partial charge in [-0.2, -0.15) is 4.98 Å². The van der Waals surface area contributed by atoms with Gasteiger partial charge in [-0.15, -0.1) is 0 Å². The Hall–Kier alpha value is -2.63. The minimum absolute atomic E-state index is 0.138. The van der Waals surface area contributed by atoms with E-state index < -0.39 is 0 Å². The van der Waals surface area contributed by atoms with Gasteiger partial charge in [0.15, 0.2) is 0 Å². The van der Waals surface area contributed by atoms with Gasteiger partial charge in [0, 0.05) is 23.5 Å². The van der Waals surface area contributed by atoms with Gasteiger partial charge in [-0.05, 0) is 29.8 Å². The molecule has 1 aliphatic rings. The number of hydrogen-bond acceptors (Lipinski definition) is 5. The molecule has 132 valence electrons. The summed E-state index contributed by atoms with van der Waals surface area (Å²) in [6, 6.07) is 19.9. The number of rotatable bonds is 4.